The molecule has 0 aliphatic heterocycles. The second-order valence-corrected chi connectivity index (χ2v) is 10.5. The molecule has 6 rings (SSSR count). The summed E-state index contributed by atoms with van der Waals surface area (Å²) in [4.78, 5) is 18.4. The smallest absolute Gasteiger partial charge is 0.144 e. The molecule has 0 bridgehead atoms. The van der Waals surface area contributed by atoms with E-state index in [1.807, 2.05) is 12.3 Å². The number of unbranched alkanes of at least 4 members (excludes halogenated alkanes) is 3. The Labute approximate surface area is 213 Å². The predicted molar refractivity (Wildman–Crippen MR) is 151 cm³/mol. The monoisotopic (exact) mass is 471 g/mol. The summed E-state index contributed by atoms with van der Waals surface area (Å²) in [5, 5.41) is 6.33. The van der Waals surface area contributed by atoms with E-state index in [4.69, 9.17) is 0 Å². The number of Topliss-reactive ketones (excluding diaryl/α,β-unsaturated/α-hetero) is 1. The second kappa shape index (κ2) is 9.50. The molecule has 2 heteroatoms. The molecule has 4 aromatic carbocycles. The summed E-state index contributed by atoms with van der Waals surface area (Å²) in [5.74, 6) is 0.415. The van der Waals surface area contributed by atoms with Gasteiger partial charge in [-0.05, 0) is 75.7 Å². The Bertz CT molecular complexity index is 1580. The molecule has 0 fully saturated rings. The summed E-state index contributed by atoms with van der Waals surface area (Å²) in [5.41, 5.74) is 4.43. The van der Waals surface area contributed by atoms with E-state index in [9.17, 15) is 4.79 Å². The van der Waals surface area contributed by atoms with Gasteiger partial charge in [0.2, 0.25) is 0 Å². The first-order valence-electron chi connectivity index (χ1n) is 13.5. The zero-order valence-electron chi connectivity index (χ0n) is 21.1. The summed E-state index contributed by atoms with van der Waals surface area (Å²) >= 11 is 0. The summed E-state index contributed by atoms with van der Waals surface area (Å²) < 4.78 is 0. The average molecular weight is 472 g/mol. The van der Waals surface area contributed by atoms with E-state index in [0.29, 0.717) is 12.2 Å². The van der Waals surface area contributed by atoms with Crippen LogP contribution in [-0.4, -0.2) is 10.8 Å². The van der Waals surface area contributed by atoms with Crippen molar-refractivity contribution in [3.05, 3.63) is 102 Å². The highest BCUT2D eigenvalue weighted by Gasteiger charge is 2.43. The molecule has 1 aromatic heterocycles. The predicted octanol–water partition coefficient (Wildman–Crippen LogP) is 8.51. The third-order valence-electron chi connectivity index (χ3n) is 8.32. The molecule has 36 heavy (non-hydrogen) atoms. The number of aryl methyl sites for hydroxylation is 1. The van der Waals surface area contributed by atoms with Gasteiger partial charge in [-0.3, -0.25) is 9.78 Å². The van der Waals surface area contributed by atoms with Crippen molar-refractivity contribution in [2.45, 2.75) is 63.7 Å². The van der Waals surface area contributed by atoms with Gasteiger partial charge in [0, 0.05) is 18.0 Å². The Morgan fingerprint density at radius 1 is 0.778 bits per heavy atom. The van der Waals surface area contributed by atoms with Crippen molar-refractivity contribution >= 4 is 38.2 Å². The molecule has 0 N–H and O–H groups in total. The molecule has 180 valence electrons. The number of fused-ring (bicyclic) bond motifs is 6. The normalized spacial score (nSPS) is 17.6. The fourth-order valence-electron chi connectivity index (χ4n) is 6.49. The van der Waals surface area contributed by atoms with Crippen LogP contribution in [0.25, 0.3) is 32.4 Å². The van der Waals surface area contributed by atoms with Crippen LogP contribution in [0.1, 0.15) is 62.1 Å². The summed E-state index contributed by atoms with van der Waals surface area (Å²) in [6, 6.07) is 28.4. The molecule has 1 aliphatic carbocycles. The number of rotatable bonds is 7. The molecular weight excluding hydrogens is 438 g/mol. The van der Waals surface area contributed by atoms with Crippen LogP contribution in [0.4, 0.5) is 0 Å². The number of ketones is 1. The minimum absolute atomic E-state index is 0.415. The van der Waals surface area contributed by atoms with Crippen LogP contribution in [0, 0.1) is 0 Å². The van der Waals surface area contributed by atoms with Crippen molar-refractivity contribution in [2.75, 3.05) is 0 Å². The van der Waals surface area contributed by atoms with Crippen molar-refractivity contribution in [1.29, 1.82) is 0 Å². The third kappa shape index (κ3) is 3.89. The van der Waals surface area contributed by atoms with Gasteiger partial charge in [-0.2, -0.15) is 0 Å². The molecule has 1 aliphatic rings. The minimum Gasteiger partial charge on any atom is -0.299 e. The standard InChI is InChI=1S/C34H33NO/c1-2-3-4-7-20-34(23-24-12-18-32-26(22-24)10-8-21-35-32)31-17-15-28-27-11-6-5-9-25(27)13-14-29(28)30(31)16-19-33(34)36/h5-6,8-15,17-18,21-22H,2-4,7,16,19-20,23H2,1H3. The van der Waals surface area contributed by atoms with Gasteiger partial charge >= 0.3 is 0 Å². The first kappa shape index (κ1) is 22.9. The second-order valence-electron chi connectivity index (χ2n) is 10.5. The molecule has 5 aromatic rings. The number of carbonyl (C=O) groups excluding carboxylic acids is 1. The molecule has 0 spiro atoms. The summed E-state index contributed by atoms with van der Waals surface area (Å²) in [7, 11) is 0. The lowest BCUT2D eigenvalue weighted by Crippen LogP contribution is -2.42. The van der Waals surface area contributed by atoms with E-state index in [1.54, 1.807) is 0 Å². The fraction of sp³-hybridized carbons (Fsp3) is 0.294. The van der Waals surface area contributed by atoms with Crippen LogP contribution in [-0.2, 0) is 23.1 Å². The Morgan fingerprint density at radius 2 is 1.64 bits per heavy atom. The van der Waals surface area contributed by atoms with Gasteiger partial charge in [-0.1, -0.05) is 93.3 Å². The van der Waals surface area contributed by atoms with Crippen LogP contribution in [0.2, 0.25) is 0 Å². The topological polar surface area (TPSA) is 30.0 Å². The number of pyridine rings is 1. The van der Waals surface area contributed by atoms with Crippen LogP contribution in [0.3, 0.4) is 0 Å². The number of carbonyl (C=O) groups is 1. The lowest BCUT2D eigenvalue weighted by atomic mass is 9.62. The first-order chi connectivity index (χ1) is 17.7. The zero-order valence-corrected chi connectivity index (χ0v) is 21.1. The first-order valence-corrected chi connectivity index (χ1v) is 13.5. The fourth-order valence-corrected chi connectivity index (χ4v) is 6.49. The van der Waals surface area contributed by atoms with E-state index in [0.717, 1.165) is 36.6 Å². The van der Waals surface area contributed by atoms with Gasteiger partial charge < -0.3 is 0 Å². The summed E-state index contributed by atoms with van der Waals surface area (Å²) in [6.07, 6.45) is 9.68. The van der Waals surface area contributed by atoms with E-state index in [1.165, 1.54) is 57.5 Å². The van der Waals surface area contributed by atoms with Gasteiger partial charge in [-0.25, -0.2) is 0 Å². The van der Waals surface area contributed by atoms with Crippen LogP contribution >= 0.6 is 0 Å². The lowest BCUT2D eigenvalue weighted by molar-refractivity contribution is -0.125. The average Bonchev–Trinajstić information content (AvgIpc) is 2.92. The number of nitrogens with zero attached hydrogens (tertiary/aromatic N) is 1. The van der Waals surface area contributed by atoms with Gasteiger partial charge in [0.15, 0.2) is 0 Å². The molecule has 0 radical (unpaired) electrons. The molecule has 0 amide bonds. The molecule has 1 heterocycles. The summed E-state index contributed by atoms with van der Waals surface area (Å²) in [6.45, 7) is 2.25. The quantitative estimate of drug-likeness (QED) is 0.176. The SMILES string of the molecule is CCCCCCC1(Cc2ccc3ncccc3c2)C(=O)CCc2c1ccc1c2ccc2ccccc21. The lowest BCUT2D eigenvalue weighted by Gasteiger charge is -2.39. The zero-order chi connectivity index (χ0) is 24.5. The molecular formula is C34H33NO. The van der Waals surface area contributed by atoms with Gasteiger partial charge in [-0.15, -0.1) is 0 Å². The number of hydrogen-bond donors (Lipinski definition) is 0. The van der Waals surface area contributed by atoms with Crippen LogP contribution in [0.5, 0.6) is 0 Å². The Kier molecular flexibility index (Phi) is 6.05. The minimum atomic E-state index is -0.461. The van der Waals surface area contributed by atoms with Gasteiger partial charge in [0.25, 0.3) is 0 Å². The molecule has 1 atom stereocenters. The maximum atomic E-state index is 13.9. The highest BCUT2D eigenvalue weighted by molar-refractivity contribution is 6.10. The van der Waals surface area contributed by atoms with Crippen molar-refractivity contribution in [3.8, 4) is 0 Å². The maximum absolute atomic E-state index is 13.9. The Hall–Kier alpha value is -3.52. The van der Waals surface area contributed by atoms with Crippen molar-refractivity contribution in [1.82, 2.24) is 4.98 Å². The number of hydrogen-bond acceptors (Lipinski definition) is 2. The van der Waals surface area contributed by atoms with Crippen LogP contribution in [0.15, 0.2) is 85.1 Å². The van der Waals surface area contributed by atoms with Crippen molar-refractivity contribution < 1.29 is 4.79 Å². The Morgan fingerprint density at radius 3 is 2.56 bits per heavy atom. The largest absolute Gasteiger partial charge is 0.299 e. The van der Waals surface area contributed by atoms with E-state index in [2.05, 4.69) is 84.7 Å². The van der Waals surface area contributed by atoms with Gasteiger partial charge in [0.05, 0.1) is 10.9 Å². The Balaban J connectivity index is 1.51. The number of benzene rings is 4. The molecule has 0 saturated carbocycles. The molecule has 0 saturated heterocycles. The highest BCUT2D eigenvalue weighted by atomic mass is 16.1. The van der Waals surface area contributed by atoms with Gasteiger partial charge in [0.1, 0.15) is 5.78 Å². The van der Waals surface area contributed by atoms with E-state index in [-0.39, 0.29) is 0 Å². The third-order valence-corrected chi connectivity index (χ3v) is 8.32. The molecule has 1 unspecified atom stereocenters. The molecule has 2 nitrogen and oxygen atoms in total. The van der Waals surface area contributed by atoms with Crippen molar-refractivity contribution in [3.63, 3.8) is 0 Å². The van der Waals surface area contributed by atoms with Crippen molar-refractivity contribution in [2.24, 2.45) is 0 Å². The highest BCUT2D eigenvalue weighted by Crippen LogP contribution is 2.45. The maximum Gasteiger partial charge on any atom is 0.144 e. The number of aromatic nitrogens is 1. The van der Waals surface area contributed by atoms with Crippen LogP contribution < -0.4 is 0 Å². The van der Waals surface area contributed by atoms with E-state index >= 15 is 0 Å². The van der Waals surface area contributed by atoms with E-state index < -0.39 is 5.41 Å².